The van der Waals surface area contributed by atoms with Crippen LogP contribution in [0.4, 0.5) is 17.6 Å². The van der Waals surface area contributed by atoms with Crippen LogP contribution in [0.25, 0.3) is 33.7 Å². The molecule has 1 saturated carbocycles. The first-order chi connectivity index (χ1) is 19.2. The largest absolute Gasteiger partial charge is 0.401 e. The van der Waals surface area contributed by atoms with Crippen molar-refractivity contribution in [1.29, 1.82) is 0 Å². The highest BCUT2D eigenvalue weighted by Gasteiger charge is 2.33. The zero-order valence-corrected chi connectivity index (χ0v) is 21.7. The van der Waals surface area contributed by atoms with Crippen molar-refractivity contribution in [3.8, 4) is 22.8 Å². The summed E-state index contributed by atoms with van der Waals surface area (Å²) in [5, 5.41) is 13.0. The normalized spacial score (nSPS) is 16.1. The number of benzene rings is 2. The van der Waals surface area contributed by atoms with E-state index in [9.17, 15) is 13.2 Å². The molecule has 0 atom stereocenters. The summed E-state index contributed by atoms with van der Waals surface area (Å²) in [4.78, 5) is 13.6. The zero-order valence-electron chi connectivity index (χ0n) is 21.7. The van der Waals surface area contributed by atoms with Gasteiger partial charge in [0.25, 0.3) is 0 Å². The standard InChI is InChI=1S/C28H26F4N8/c1-39-24(11-16-5-7-21-19(12-33-37-21)25(16)15-2-3-15)36-26(38-39)17-4-6-18(20(29)10-17)27-34-22-8-9-40(13-23(22)35-27)14-28(30,31)32/h4-7,10,12,15H,2-3,8-9,11,13-14H2,1H3,(H,33,37)(H,34,35). The van der Waals surface area contributed by atoms with Gasteiger partial charge in [0.15, 0.2) is 5.82 Å². The van der Waals surface area contributed by atoms with Gasteiger partial charge in [-0.05, 0) is 48.1 Å². The summed E-state index contributed by atoms with van der Waals surface area (Å²) in [7, 11) is 1.83. The molecule has 0 unspecified atom stereocenters. The Hall–Kier alpha value is -4.06. The van der Waals surface area contributed by atoms with Crippen LogP contribution >= 0.6 is 0 Å². The number of aryl methyl sites for hydroxylation is 1. The molecule has 2 N–H and O–H groups in total. The van der Waals surface area contributed by atoms with Gasteiger partial charge in [-0.15, -0.1) is 0 Å². The Morgan fingerprint density at radius 2 is 1.95 bits per heavy atom. The summed E-state index contributed by atoms with van der Waals surface area (Å²) >= 11 is 0. The van der Waals surface area contributed by atoms with E-state index in [0.29, 0.717) is 47.4 Å². The second-order valence-corrected chi connectivity index (χ2v) is 10.7. The van der Waals surface area contributed by atoms with Crippen LogP contribution < -0.4 is 0 Å². The minimum absolute atomic E-state index is 0.0954. The molecule has 4 heterocycles. The molecular formula is C28H26F4N8. The van der Waals surface area contributed by atoms with E-state index in [1.807, 2.05) is 19.3 Å². The molecular weight excluding hydrogens is 524 g/mol. The number of hydrogen-bond donors (Lipinski definition) is 2. The van der Waals surface area contributed by atoms with Gasteiger partial charge in [-0.3, -0.25) is 14.7 Å². The van der Waals surface area contributed by atoms with Crippen molar-refractivity contribution in [2.24, 2.45) is 7.05 Å². The number of nitrogens with zero attached hydrogens (tertiary/aromatic N) is 6. The van der Waals surface area contributed by atoms with Crippen molar-refractivity contribution < 1.29 is 17.6 Å². The lowest BCUT2D eigenvalue weighted by molar-refractivity contribution is -0.147. The minimum atomic E-state index is -4.27. The van der Waals surface area contributed by atoms with E-state index in [2.05, 4.69) is 31.3 Å². The molecule has 3 aromatic heterocycles. The van der Waals surface area contributed by atoms with Gasteiger partial charge in [0.05, 0.1) is 35.2 Å². The third-order valence-corrected chi connectivity index (χ3v) is 7.74. The summed E-state index contributed by atoms with van der Waals surface area (Å²) in [6, 6.07) is 8.87. The first kappa shape index (κ1) is 24.9. The number of imidazole rings is 1. The van der Waals surface area contributed by atoms with Gasteiger partial charge in [-0.2, -0.15) is 23.4 Å². The number of rotatable bonds is 6. The Bertz CT molecular complexity index is 1730. The summed E-state index contributed by atoms with van der Waals surface area (Å²) in [5.74, 6) is 1.52. The van der Waals surface area contributed by atoms with Crippen molar-refractivity contribution >= 4 is 10.9 Å². The molecule has 7 rings (SSSR count). The van der Waals surface area contributed by atoms with Gasteiger partial charge < -0.3 is 4.98 Å². The highest BCUT2D eigenvalue weighted by molar-refractivity contribution is 5.84. The first-order valence-corrected chi connectivity index (χ1v) is 13.2. The van der Waals surface area contributed by atoms with Gasteiger partial charge in [-0.1, -0.05) is 12.1 Å². The summed E-state index contributed by atoms with van der Waals surface area (Å²) in [6.07, 6.45) is 0.912. The first-order valence-electron chi connectivity index (χ1n) is 13.2. The van der Waals surface area contributed by atoms with Crippen LogP contribution in [0.5, 0.6) is 0 Å². The smallest absolute Gasteiger partial charge is 0.340 e. The maximum absolute atomic E-state index is 15.3. The number of aromatic nitrogens is 7. The van der Waals surface area contributed by atoms with Crippen molar-refractivity contribution in [3.63, 3.8) is 0 Å². The van der Waals surface area contributed by atoms with Crippen LogP contribution in [-0.2, 0) is 26.4 Å². The van der Waals surface area contributed by atoms with Crippen LogP contribution in [0.15, 0.2) is 36.5 Å². The third kappa shape index (κ3) is 4.66. The topological polar surface area (TPSA) is 91.3 Å². The summed E-state index contributed by atoms with van der Waals surface area (Å²) in [6.45, 7) is -0.634. The van der Waals surface area contributed by atoms with E-state index >= 15 is 4.39 Å². The number of fused-ring (bicyclic) bond motifs is 2. The fourth-order valence-electron chi connectivity index (χ4n) is 5.67. The van der Waals surface area contributed by atoms with Crippen molar-refractivity contribution in [1.82, 2.24) is 39.8 Å². The van der Waals surface area contributed by atoms with E-state index in [1.54, 1.807) is 16.8 Å². The van der Waals surface area contributed by atoms with E-state index in [-0.39, 0.29) is 18.7 Å². The minimum Gasteiger partial charge on any atom is -0.340 e. The highest BCUT2D eigenvalue weighted by atomic mass is 19.4. The summed E-state index contributed by atoms with van der Waals surface area (Å²) in [5.41, 5.74) is 5.57. The second kappa shape index (κ2) is 9.26. The van der Waals surface area contributed by atoms with E-state index in [4.69, 9.17) is 4.98 Å². The Morgan fingerprint density at radius 3 is 2.73 bits per heavy atom. The number of nitrogens with one attached hydrogen (secondary N) is 2. The molecule has 0 saturated heterocycles. The molecule has 2 aliphatic rings. The lowest BCUT2D eigenvalue weighted by Gasteiger charge is -2.26. The molecule has 0 amide bonds. The molecule has 8 nitrogen and oxygen atoms in total. The molecule has 2 aromatic carbocycles. The molecule has 0 spiro atoms. The lowest BCUT2D eigenvalue weighted by Crippen LogP contribution is -2.38. The molecule has 1 aliphatic heterocycles. The van der Waals surface area contributed by atoms with Crippen molar-refractivity contribution in [3.05, 3.63) is 70.7 Å². The molecule has 0 bridgehead atoms. The van der Waals surface area contributed by atoms with Gasteiger partial charge >= 0.3 is 6.18 Å². The van der Waals surface area contributed by atoms with Crippen LogP contribution in [-0.4, -0.2) is 59.1 Å². The SMILES string of the molecule is Cn1nc(-c2ccc(-c3nc4c([nH]3)CN(CC(F)(F)F)CC4)c(F)c2)nc1Cc1ccc2[nH]ncc2c1C1CC1. The number of alkyl halides is 3. The van der Waals surface area contributed by atoms with Crippen LogP contribution in [0.3, 0.4) is 0 Å². The maximum Gasteiger partial charge on any atom is 0.401 e. The van der Waals surface area contributed by atoms with Crippen LogP contribution in [0.1, 0.15) is 47.1 Å². The average Bonchev–Trinajstić information content (AvgIpc) is 3.29. The van der Waals surface area contributed by atoms with Crippen molar-refractivity contribution in [2.45, 2.75) is 44.3 Å². The summed E-state index contributed by atoms with van der Waals surface area (Å²) < 4.78 is 55.5. The van der Waals surface area contributed by atoms with Gasteiger partial charge in [0.2, 0.25) is 0 Å². The molecule has 1 fully saturated rings. The predicted octanol–water partition coefficient (Wildman–Crippen LogP) is 5.28. The van der Waals surface area contributed by atoms with Crippen molar-refractivity contribution in [2.75, 3.05) is 13.1 Å². The van der Waals surface area contributed by atoms with Gasteiger partial charge in [-0.25, -0.2) is 14.4 Å². The Labute approximate surface area is 226 Å². The Balaban J connectivity index is 1.13. The highest BCUT2D eigenvalue weighted by Crippen LogP contribution is 2.45. The number of hydrogen-bond acceptors (Lipinski definition) is 5. The third-order valence-electron chi connectivity index (χ3n) is 7.74. The molecule has 5 aromatic rings. The van der Waals surface area contributed by atoms with E-state index in [1.165, 1.54) is 22.1 Å². The average molecular weight is 551 g/mol. The van der Waals surface area contributed by atoms with Crippen LogP contribution in [0.2, 0.25) is 0 Å². The zero-order chi connectivity index (χ0) is 27.6. The maximum atomic E-state index is 15.3. The fourth-order valence-corrected chi connectivity index (χ4v) is 5.67. The predicted molar refractivity (Wildman–Crippen MR) is 140 cm³/mol. The lowest BCUT2D eigenvalue weighted by atomic mass is 9.96. The fraction of sp³-hybridized carbons (Fsp3) is 0.357. The number of H-pyrrole nitrogens is 2. The second-order valence-electron chi connectivity index (χ2n) is 10.7. The number of aromatic amines is 2. The van der Waals surface area contributed by atoms with E-state index in [0.717, 1.165) is 29.6 Å². The Kier molecular flexibility index (Phi) is 5.77. The molecule has 12 heteroatoms. The quantitative estimate of drug-likeness (QED) is 0.281. The van der Waals surface area contributed by atoms with Gasteiger partial charge in [0, 0.05) is 43.9 Å². The van der Waals surface area contributed by atoms with Crippen LogP contribution in [0, 0.1) is 5.82 Å². The molecule has 40 heavy (non-hydrogen) atoms. The van der Waals surface area contributed by atoms with Gasteiger partial charge in [0.1, 0.15) is 17.5 Å². The molecule has 0 radical (unpaired) electrons. The number of halogens is 4. The monoisotopic (exact) mass is 550 g/mol. The molecule has 1 aliphatic carbocycles. The Morgan fingerprint density at radius 1 is 1.10 bits per heavy atom. The van der Waals surface area contributed by atoms with E-state index < -0.39 is 18.5 Å². The molecule has 206 valence electrons.